The highest BCUT2D eigenvalue weighted by Crippen LogP contribution is 2.27. The fourth-order valence-electron chi connectivity index (χ4n) is 4.28. The summed E-state index contributed by atoms with van der Waals surface area (Å²) in [5, 5.41) is 7.60. The smallest absolute Gasteiger partial charge is 0.260 e. The van der Waals surface area contributed by atoms with Crippen molar-refractivity contribution in [2.24, 2.45) is 0 Å². The molecule has 7 nitrogen and oxygen atoms in total. The number of fused-ring (bicyclic) bond motifs is 1. The van der Waals surface area contributed by atoms with Crippen molar-refractivity contribution in [3.05, 3.63) is 52.4 Å². The number of hydrogen-bond donors (Lipinski definition) is 2. The van der Waals surface area contributed by atoms with Crippen LogP contribution < -0.4 is 16.2 Å². The third kappa shape index (κ3) is 3.41. The van der Waals surface area contributed by atoms with Gasteiger partial charge in [0, 0.05) is 36.3 Å². The largest absolute Gasteiger partial charge is 0.379 e. The molecule has 0 radical (unpaired) electrons. The molecule has 0 unspecified atom stereocenters. The van der Waals surface area contributed by atoms with Crippen LogP contribution >= 0.6 is 0 Å². The number of aromatic nitrogens is 3. The average molecular weight is 391 g/mol. The quantitative estimate of drug-likeness (QED) is 0.711. The Balaban J connectivity index is 1.68. The normalized spacial score (nSPS) is 21.7. The van der Waals surface area contributed by atoms with Crippen LogP contribution in [0.4, 0.5) is 5.95 Å². The van der Waals surface area contributed by atoms with Crippen LogP contribution in [-0.4, -0.2) is 46.9 Å². The van der Waals surface area contributed by atoms with E-state index in [-0.39, 0.29) is 11.6 Å². The highest BCUT2D eigenvalue weighted by atomic mass is 16.5. The summed E-state index contributed by atoms with van der Waals surface area (Å²) in [6, 6.07) is 10.2. The van der Waals surface area contributed by atoms with Crippen molar-refractivity contribution in [2.75, 3.05) is 31.6 Å². The van der Waals surface area contributed by atoms with E-state index in [0.29, 0.717) is 36.4 Å². The van der Waals surface area contributed by atoms with Crippen LogP contribution in [0.3, 0.4) is 0 Å². The average Bonchev–Trinajstić information content (AvgIpc) is 3.43. The summed E-state index contributed by atoms with van der Waals surface area (Å²) >= 11 is 0. The second-order valence-electron chi connectivity index (χ2n) is 7.87. The predicted molar refractivity (Wildman–Crippen MR) is 113 cm³/mol. The second kappa shape index (κ2) is 7.57. The Morgan fingerprint density at radius 3 is 2.90 bits per heavy atom. The lowest BCUT2D eigenvalue weighted by molar-refractivity contribution is 0.186. The maximum atomic E-state index is 13.6. The van der Waals surface area contributed by atoms with E-state index in [0.717, 1.165) is 42.4 Å². The Hall–Kier alpha value is -2.77. The number of pyridine rings is 1. The van der Waals surface area contributed by atoms with Gasteiger partial charge in [-0.15, -0.1) is 0 Å². The number of hydrogen-bond acceptors (Lipinski definition) is 6. The molecule has 29 heavy (non-hydrogen) atoms. The SMILES string of the molecule is Cc1ccccc1-c1cc2cnc(N[C@@H]3CCNC3)nc2n([C@@H]2CCOC2)c1=O. The Morgan fingerprint density at radius 2 is 2.14 bits per heavy atom. The molecule has 5 rings (SSSR count). The van der Waals surface area contributed by atoms with Crippen LogP contribution in [0.15, 0.2) is 41.3 Å². The van der Waals surface area contributed by atoms with Gasteiger partial charge in [0.2, 0.25) is 5.95 Å². The number of nitrogens with zero attached hydrogens (tertiary/aromatic N) is 3. The summed E-state index contributed by atoms with van der Waals surface area (Å²) in [6.07, 6.45) is 3.67. The second-order valence-corrected chi connectivity index (χ2v) is 7.87. The van der Waals surface area contributed by atoms with Gasteiger partial charge in [-0.1, -0.05) is 24.3 Å². The van der Waals surface area contributed by atoms with Gasteiger partial charge in [0.05, 0.1) is 12.6 Å². The third-order valence-corrected chi connectivity index (χ3v) is 5.87. The van der Waals surface area contributed by atoms with Gasteiger partial charge in [-0.25, -0.2) is 4.98 Å². The molecule has 2 N–H and O–H groups in total. The first kappa shape index (κ1) is 18.3. The number of nitrogens with one attached hydrogen (secondary N) is 2. The maximum Gasteiger partial charge on any atom is 0.260 e. The van der Waals surface area contributed by atoms with Crippen molar-refractivity contribution in [3.8, 4) is 11.1 Å². The summed E-state index contributed by atoms with van der Waals surface area (Å²) in [5.41, 5.74) is 3.37. The molecule has 2 atom stereocenters. The molecule has 2 saturated heterocycles. The van der Waals surface area contributed by atoms with E-state index in [2.05, 4.69) is 15.6 Å². The standard InChI is InChI=1S/C22H25N5O2/c1-14-4-2-3-5-18(14)19-10-15-11-24-22(25-16-6-8-23-12-16)26-20(15)27(21(19)28)17-7-9-29-13-17/h2-5,10-11,16-17,23H,6-9,12-13H2,1H3,(H,24,25,26)/t16-,17-/m1/s1. The lowest BCUT2D eigenvalue weighted by Gasteiger charge is -2.19. The number of aryl methyl sites for hydroxylation is 1. The zero-order chi connectivity index (χ0) is 19.8. The number of rotatable bonds is 4. The summed E-state index contributed by atoms with van der Waals surface area (Å²) in [4.78, 5) is 22.9. The van der Waals surface area contributed by atoms with E-state index in [9.17, 15) is 4.79 Å². The van der Waals surface area contributed by atoms with Crippen molar-refractivity contribution < 1.29 is 4.74 Å². The molecular weight excluding hydrogens is 366 g/mol. The van der Waals surface area contributed by atoms with Crippen molar-refractivity contribution in [1.82, 2.24) is 19.9 Å². The third-order valence-electron chi connectivity index (χ3n) is 5.87. The highest BCUT2D eigenvalue weighted by molar-refractivity contribution is 5.82. The van der Waals surface area contributed by atoms with E-state index >= 15 is 0 Å². The minimum absolute atomic E-state index is 0.00938. The minimum atomic E-state index is -0.0190. The number of ether oxygens (including phenoxy) is 1. The molecular formula is C22H25N5O2. The van der Waals surface area contributed by atoms with Crippen LogP contribution in [0.5, 0.6) is 0 Å². The molecule has 3 aromatic rings. The first-order chi connectivity index (χ1) is 14.2. The molecule has 0 saturated carbocycles. The van der Waals surface area contributed by atoms with Gasteiger partial charge in [0.25, 0.3) is 5.56 Å². The van der Waals surface area contributed by atoms with Crippen molar-refractivity contribution in [2.45, 2.75) is 31.8 Å². The van der Waals surface area contributed by atoms with Gasteiger partial charge in [-0.3, -0.25) is 9.36 Å². The van der Waals surface area contributed by atoms with Crippen LogP contribution in [0.1, 0.15) is 24.4 Å². The van der Waals surface area contributed by atoms with Gasteiger partial charge in [0.15, 0.2) is 0 Å². The maximum absolute atomic E-state index is 13.6. The van der Waals surface area contributed by atoms with Gasteiger partial charge in [0.1, 0.15) is 5.65 Å². The van der Waals surface area contributed by atoms with Crippen molar-refractivity contribution in [1.29, 1.82) is 0 Å². The zero-order valence-corrected chi connectivity index (χ0v) is 16.5. The summed E-state index contributed by atoms with van der Waals surface area (Å²) in [5.74, 6) is 0.571. The first-order valence-corrected chi connectivity index (χ1v) is 10.2. The lowest BCUT2D eigenvalue weighted by atomic mass is 10.0. The van der Waals surface area contributed by atoms with E-state index in [1.165, 1.54) is 0 Å². The van der Waals surface area contributed by atoms with E-state index in [1.54, 1.807) is 0 Å². The molecule has 2 aliphatic heterocycles. The molecule has 4 heterocycles. The molecule has 150 valence electrons. The molecule has 0 spiro atoms. The first-order valence-electron chi connectivity index (χ1n) is 10.2. The van der Waals surface area contributed by atoms with E-state index in [1.807, 2.05) is 48.0 Å². The topological polar surface area (TPSA) is 81.1 Å². The lowest BCUT2D eigenvalue weighted by Crippen LogP contribution is -2.28. The Labute approximate surface area is 169 Å². The van der Waals surface area contributed by atoms with Gasteiger partial charge < -0.3 is 15.4 Å². The Kier molecular flexibility index (Phi) is 4.77. The van der Waals surface area contributed by atoms with Crippen LogP contribution in [0.25, 0.3) is 22.2 Å². The van der Waals surface area contributed by atoms with Crippen LogP contribution in [0.2, 0.25) is 0 Å². The zero-order valence-electron chi connectivity index (χ0n) is 16.5. The molecule has 0 bridgehead atoms. The fraction of sp³-hybridized carbons (Fsp3) is 0.409. The highest BCUT2D eigenvalue weighted by Gasteiger charge is 2.24. The monoisotopic (exact) mass is 391 g/mol. The number of anilines is 1. The van der Waals surface area contributed by atoms with Gasteiger partial charge >= 0.3 is 0 Å². The Bertz CT molecular complexity index is 1100. The molecule has 0 amide bonds. The van der Waals surface area contributed by atoms with Crippen molar-refractivity contribution >= 4 is 17.0 Å². The molecule has 2 aromatic heterocycles. The van der Waals surface area contributed by atoms with Gasteiger partial charge in [-0.2, -0.15) is 4.98 Å². The molecule has 0 aliphatic carbocycles. The number of benzene rings is 1. The summed E-state index contributed by atoms with van der Waals surface area (Å²) < 4.78 is 7.42. The molecule has 2 aliphatic rings. The fourth-order valence-corrected chi connectivity index (χ4v) is 4.28. The minimum Gasteiger partial charge on any atom is -0.379 e. The predicted octanol–water partition coefficient (Wildman–Crippen LogP) is 2.50. The molecule has 7 heteroatoms. The Morgan fingerprint density at radius 1 is 1.24 bits per heavy atom. The van der Waals surface area contributed by atoms with Gasteiger partial charge in [-0.05, 0) is 43.5 Å². The summed E-state index contributed by atoms with van der Waals surface area (Å²) in [6.45, 7) is 5.12. The van der Waals surface area contributed by atoms with Crippen LogP contribution in [-0.2, 0) is 4.74 Å². The molecule has 1 aromatic carbocycles. The van der Waals surface area contributed by atoms with E-state index in [4.69, 9.17) is 9.72 Å². The molecule has 2 fully saturated rings. The summed E-state index contributed by atoms with van der Waals surface area (Å²) in [7, 11) is 0. The van der Waals surface area contributed by atoms with Crippen molar-refractivity contribution in [3.63, 3.8) is 0 Å². The van der Waals surface area contributed by atoms with Crippen LogP contribution in [0, 0.1) is 6.92 Å². The van der Waals surface area contributed by atoms with E-state index < -0.39 is 0 Å².